The van der Waals surface area contributed by atoms with Crippen molar-refractivity contribution in [2.24, 2.45) is 0 Å². The fraction of sp³-hybridized carbons (Fsp3) is 0.647. The van der Waals surface area contributed by atoms with Crippen LogP contribution >= 0.6 is 0 Å². The Bertz CT molecular complexity index is 494. The Labute approximate surface area is 133 Å². The maximum atomic E-state index is 12.4. The molecule has 1 aromatic rings. The van der Waals surface area contributed by atoms with Gasteiger partial charge in [0.25, 0.3) is 0 Å². The van der Waals surface area contributed by atoms with Crippen LogP contribution in [-0.2, 0) is 4.74 Å². The van der Waals surface area contributed by atoms with E-state index in [2.05, 4.69) is 16.4 Å². The summed E-state index contributed by atoms with van der Waals surface area (Å²) in [6, 6.07) is 4.09. The summed E-state index contributed by atoms with van der Waals surface area (Å²) in [6.07, 6.45) is 4.75. The second kappa shape index (κ2) is 6.99. The number of carbonyl (C=O) groups excluding carboxylic acids is 1. The number of piperidine rings is 1. The molecule has 0 radical (unpaired) electrons. The lowest BCUT2D eigenvalue weighted by atomic mass is 9.97. The third-order valence-electron chi connectivity index (χ3n) is 3.66. The maximum absolute atomic E-state index is 12.4. The van der Waals surface area contributed by atoms with E-state index in [-0.39, 0.29) is 12.1 Å². The van der Waals surface area contributed by atoms with Crippen LogP contribution in [0.15, 0.2) is 18.3 Å². The van der Waals surface area contributed by atoms with Gasteiger partial charge < -0.3 is 15.0 Å². The van der Waals surface area contributed by atoms with Gasteiger partial charge in [0.15, 0.2) is 0 Å². The molecule has 1 atom stereocenters. The molecule has 1 saturated heterocycles. The Morgan fingerprint density at radius 3 is 2.77 bits per heavy atom. The standard InChI is InChI=1S/C17H27N3O2/c1-5-18-15-10-9-13(12-19-15)14-8-6-7-11-20(14)16(21)22-17(2,3)4/h9-10,12,14H,5-8,11H2,1-4H3,(H,18,19)/t14-/m0/s1. The van der Waals surface area contributed by atoms with Crippen molar-refractivity contribution in [3.05, 3.63) is 23.9 Å². The minimum absolute atomic E-state index is 0.0618. The van der Waals surface area contributed by atoms with E-state index >= 15 is 0 Å². The lowest BCUT2D eigenvalue weighted by Gasteiger charge is -2.36. The van der Waals surface area contributed by atoms with E-state index in [0.717, 1.165) is 43.7 Å². The zero-order chi connectivity index (χ0) is 16.2. The van der Waals surface area contributed by atoms with Gasteiger partial charge in [-0.2, -0.15) is 0 Å². The summed E-state index contributed by atoms with van der Waals surface area (Å²) in [5, 5.41) is 3.19. The Morgan fingerprint density at radius 2 is 2.18 bits per heavy atom. The Morgan fingerprint density at radius 1 is 1.41 bits per heavy atom. The van der Waals surface area contributed by atoms with Gasteiger partial charge in [0.1, 0.15) is 11.4 Å². The smallest absolute Gasteiger partial charge is 0.410 e. The number of rotatable bonds is 3. The topological polar surface area (TPSA) is 54.5 Å². The highest BCUT2D eigenvalue weighted by Crippen LogP contribution is 2.32. The van der Waals surface area contributed by atoms with Gasteiger partial charge in [0, 0.05) is 19.3 Å². The number of aromatic nitrogens is 1. The molecule has 2 rings (SSSR count). The van der Waals surface area contributed by atoms with Crippen LogP contribution in [0.5, 0.6) is 0 Å². The average Bonchev–Trinajstić information content (AvgIpc) is 2.47. The van der Waals surface area contributed by atoms with Crippen molar-refractivity contribution in [2.75, 3.05) is 18.4 Å². The molecule has 1 aromatic heterocycles. The summed E-state index contributed by atoms with van der Waals surface area (Å²) in [7, 11) is 0. The van der Waals surface area contributed by atoms with Crippen LogP contribution in [0, 0.1) is 0 Å². The lowest BCUT2D eigenvalue weighted by molar-refractivity contribution is 0.00948. The highest BCUT2D eigenvalue weighted by atomic mass is 16.6. The number of hydrogen-bond donors (Lipinski definition) is 1. The second-order valence-corrected chi connectivity index (χ2v) is 6.69. The number of ether oxygens (including phenoxy) is 1. The van der Waals surface area contributed by atoms with Gasteiger partial charge in [-0.3, -0.25) is 0 Å². The van der Waals surface area contributed by atoms with Crippen LogP contribution in [0.25, 0.3) is 0 Å². The maximum Gasteiger partial charge on any atom is 0.410 e. The second-order valence-electron chi connectivity index (χ2n) is 6.69. The minimum Gasteiger partial charge on any atom is -0.444 e. The molecule has 1 N–H and O–H groups in total. The highest BCUT2D eigenvalue weighted by molar-refractivity contribution is 5.69. The molecule has 1 fully saturated rings. The van der Waals surface area contributed by atoms with Crippen LogP contribution in [0.1, 0.15) is 58.6 Å². The van der Waals surface area contributed by atoms with Crippen LogP contribution in [0.3, 0.4) is 0 Å². The van der Waals surface area contributed by atoms with E-state index in [1.165, 1.54) is 0 Å². The Balaban J connectivity index is 2.13. The summed E-state index contributed by atoms with van der Waals surface area (Å²) in [6.45, 7) is 9.33. The quantitative estimate of drug-likeness (QED) is 0.918. The lowest BCUT2D eigenvalue weighted by Crippen LogP contribution is -2.41. The molecule has 1 amide bonds. The molecular weight excluding hydrogens is 278 g/mol. The minimum atomic E-state index is -0.466. The van der Waals surface area contributed by atoms with Crippen LogP contribution in [0.4, 0.5) is 10.6 Å². The molecule has 0 aliphatic carbocycles. The van der Waals surface area contributed by atoms with E-state index in [9.17, 15) is 4.79 Å². The van der Waals surface area contributed by atoms with E-state index < -0.39 is 5.60 Å². The summed E-state index contributed by atoms with van der Waals surface area (Å²) in [4.78, 5) is 18.7. The molecule has 122 valence electrons. The fourth-order valence-corrected chi connectivity index (χ4v) is 2.71. The first-order valence-electron chi connectivity index (χ1n) is 8.10. The Kier molecular flexibility index (Phi) is 5.27. The first-order chi connectivity index (χ1) is 10.4. The summed E-state index contributed by atoms with van der Waals surface area (Å²) in [5.41, 5.74) is 0.610. The number of carbonyl (C=O) groups is 1. The van der Waals surface area contributed by atoms with Crippen molar-refractivity contribution >= 4 is 11.9 Å². The number of nitrogens with zero attached hydrogens (tertiary/aromatic N) is 2. The largest absolute Gasteiger partial charge is 0.444 e. The number of amides is 1. The number of anilines is 1. The third kappa shape index (κ3) is 4.36. The van der Waals surface area contributed by atoms with Crippen molar-refractivity contribution in [3.8, 4) is 0 Å². The Hall–Kier alpha value is -1.78. The molecule has 5 heteroatoms. The molecular formula is C17H27N3O2. The number of likely N-dealkylation sites (tertiary alicyclic amines) is 1. The molecule has 2 heterocycles. The number of hydrogen-bond acceptors (Lipinski definition) is 4. The summed E-state index contributed by atoms with van der Waals surface area (Å²) >= 11 is 0. The van der Waals surface area contributed by atoms with E-state index in [1.54, 1.807) is 0 Å². The molecule has 1 aliphatic heterocycles. The SMILES string of the molecule is CCNc1ccc([C@@H]2CCCCN2C(=O)OC(C)(C)C)cn1. The first-order valence-corrected chi connectivity index (χ1v) is 8.10. The van der Waals surface area contributed by atoms with Crippen molar-refractivity contribution in [3.63, 3.8) is 0 Å². The summed E-state index contributed by atoms with van der Waals surface area (Å²) in [5.74, 6) is 0.867. The van der Waals surface area contributed by atoms with Gasteiger partial charge in [-0.15, -0.1) is 0 Å². The van der Waals surface area contributed by atoms with Gasteiger partial charge in [-0.05, 0) is 58.6 Å². The van der Waals surface area contributed by atoms with Crippen molar-refractivity contribution in [2.45, 2.75) is 58.6 Å². The van der Waals surface area contributed by atoms with E-state index in [0.29, 0.717) is 0 Å². The van der Waals surface area contributed by atoms with Crippen LogP contribution in [0.2, 0.25) is 0 Å². The fourth-order valence-electron chi connectivity index (χ4n) is 2.71. The molecule has 22 heavy (non-hydrogen) atoms. The van der Waals surface area contributed by atoms with Crippen molar-refractivity contribution in [1.82, 2.24) is 9.88 Å². The average molecular weight is 305 g/mol. The monoisotopic (exact) mass is 305 g/mol. The first kappa shape index (κ1) is 16.6. The van der Waals surface area contributed by atoms with Gasteiger partial charge in [0.05, 0.1) is 6.04 Å². The van der Waals surface area contributed by atoms with Crippen molar-refractivity contribution in [1.29, 1.82) is 0 Å². The predicted octanol–water partition coefficient (Wildman–Crippen LogP) is 3.98. The van der Waals surface area contributed by atoms with Crippen LogP contribution in [-0.4, -0.2) is 34.7 Å². The van der Waals surface area contributed by atoms with Gasteiger partial charge in [-0.25, -0.2) is 9.78 Å². The molecule has 5 nitrogen and oxygen atoms in total. The van der Waals surface area contributed by atoms with E-state index in [1.807, 2.05) is 44.9 Å². The van der Waals surface area contributed by atoms with Gasteiger partial charge in [0.2, 0.25) is 0 Å². The van der Waals surface area contributed by atoms with Gasteiger partial charge in [-0.1, -0.05) is 6.07 Å². The summed E-state index contributed by atoms with van der Waals surface area (Å²) < 4.78 is 5.55. The normalized spacial score (nSPS) is 18.9. The zero-order valence-corrected chi connectivity index (χ0v) is 14.1. The van der Waals surface area contributed by atoms with E-state index in [4.69, 9.17) is 4.74 Å². The highest BCUT2D eigenvalue weighted by Gasteiger charge is 2.31. The van der Waals surface area contributed by atoms with Gasteiger partial charge >= 0.3 is 6.09 Å². The molecule has 0 aromatic carbocycles. The predicted molar refractivity (Wildman–Crippen MR) is 87.9 cm³/mol. The third-order valence-corrected chi connectivity index (χ3v) is 3.66. The molecule has 0 saturated carbocycles. The number of pyridine rings is 1. The van der Waals surface area contributed by atoms with Crippen molar-refractivity contribution < 1.29 is 9.53 Å². The molecule has 0 spiro atoms. The molecule has 1 aliphatic rings. The molecule has 0 unspecified atom stereocenters. The zero-order valence-electron chi connectivity index (χ0n) is 14.1. The molecule has 0 bridgehead atoms. The number of nitrogens with one attached hydrogen (secondary N) is 1. The van der Waals surface area contributed by atoms with Crippen LogP contribution < -0.4 is 5.32 Å².